The van der Waals surface area contributed by atoms with Gasteiger partial charge in [-0.1, -0.05) is 0 Å². The quantitative estimate of drug-likeness (QED) is 0.450. The zero-order valence-electron chi connectivity index (χ0n) is 2.47. The molecule has 0 radical (unpaired) electrons. The van der Waals surface area contributed by atoms with Crippen LogP contribution in [0.1, 0.15) is 6.92 Å². The van der Waals surface area contributed by atoms with E-state index in [1.807, 2.05) is 17.5 Å². The van der Waals surface area contributed by atoms with Crippen LogP contribution in [0.4, 0.5) is 0 Å². The van der Waals surface area contributed by atoms with E-state index in [1.165, 1.54) is 0 Å². The summed E-state index contributed by atoms with van der Waals surface area (Å²) in [5, 5.41) is 0. The van der Waals surface area contributed by atoms with E-state index in [2.05, 4.69) is 19.2 Å². The van der Waals surface area contributed by atoms with Gasteiger partial charge in [0.15, 0.2) is 0 Å². The molecular formula is C3H5Pd. The van der Waals surface area contributed by atoms with Crippen LogP contribution in [0.15, 0.2) is 10.6 Å². The van der Waals surface area contributed by atoms with Gasteiger partial charge in [0.25, 0.3) is 0 Å². The maximum atomic E-state index is 2.85. The Morgan fingerprint density at radius 2 is 2.00 bits per heavy atom. The molecule has 0 aromatic rings. The van der Waals surface area contributed by atoms with Crippen LogP contribution in [0.3, 0.4) is 0 Å². The summed E-state index contributed by atoms with van der Waals surface area (Å²) in [5.74, 6) is 0. The van der Waals surface area contributed by atoms with Gasteiger partial charge in [-0.3, -0.25) is 0 Å². The number of hydrogen-bond donors (Lipinski definition) is 0. The Balaban J connectivity index is 2.55. The van der Waals surface area contributed by atoms with Crippen molar-refractivity contribution in [1.82, 2.24) is 0 Å². The van der Waals surface area contributed by atoms with Gasteiger partial charge in [0.2, 0.25) is 0 Å². The summed E-state index contributed by atoms with van der Waals surface area (Å²) in [6.45, 7) is 1.96. The van der Waals surface area contributed by atoms with E-state index in [4.69, 9.17) is 0 Å². The Morgan fingerprint density at radius 3 is 2.00 bits per heavy atom. The van der Waals surface area contributed by atoms with E-state index >= 15 is 0 Å². The van der Waals surface area contributed by atoms with Gasteiger partial charge in [-0.05, 0) is 0 Å². The average Bonchev–Trinajstić information content (AvgIpc) is 1.37. The third-order valence-electron chi connectivity index (χ3n) is 0.105. The second kappa shape index (κ2) is 3.40. The fraction of sp³-hybridized carbons (Fsp3) is 0.333. The molecule has 0 unspecified atom stereocenters. The summed E-state index contributed by atoms with van der Waals surface area (Å²) >= 11 is 2.85. The third kappa shape index (κ3) is 2.40. The van der Waals surface area contributed by atoms with Crippen molar-refractivity contribution in [2.75, 3.05) is 0 Å². The van der Waals surface area contributed by atoms with Crippen LogP contribution in [-0.2, 0) is 19.2 Å². The molecule has 0 amide bonds. The van der Waals surface area contributed by atoms with Gasteiger partial charge in [-0.25, -0.2) is 0 Å². The van der Waals surface area contributed by atoms with Crippen molar-refractivity contribution in [1.29, 1.82) is 0 Å². The second-order valence-electron chi connectivity index (χ2n) is 0.439. The van der Waals surface area contributed by atoms with Crippen LogP contribution >= 0.6 is 0 Å². The van der Waals surface area contributed by atoms with Gasteiger partial charge in [-0.15, -0.1) is 0 Å². The van der Waals surface area contributed by atoms with Crippen molar-refractivity contribution in [3.63, 3.8) is 0 Å². The molecule has 4 heavy (non-hydrogen) atoms. The van der Waals surface area contributed by atoms with Crippen molar-refractivity contribution < 1.29 is 19.2 Å². The van der Waals surface area contributed by atoms with Crippen LogP contribution in [0.25, 0.3) is 0 Å². The normalized spacial score (nSPS) is 9.75. The van der Waals surface area contributed by atoms with Crippen molar-refractivity contribution in [3.8, 4) is 0 Å². The minimum atomic E-state index is 1.85. The van der Waals surface area contributed by atoms with E-state index in [0.29, 0.717) is 0 Å². The molecule has 0 saturated carbocycles. The number of hydrogen-bond acceptors (Lipinski definition) is 0. The molecule has 0 nitrogen and oxygen atoms in total. The first-order chi connectivity index (χ1) is 1.91. The van der Waals surface area contributed by atoms with Crippen LogP contribution in [-0.4, -0.2) is 0 Å². The first-order valence-corrected chi connectivity index (χ1v) is 1.99. The predicted octanol–water partition coefficient (Wildman–Crippen LogP) is 1.07. The molecule has 0 aliphatic rings. The first-order valence-electron chi connectivity index (χ1n) is 1.09. The van der Waals surface area contributed by atoms with Crippen molar-refractivity contribution in [2.24, 2.45) is 0 Å². The molecule has 0 rings (SSSR count). The summed E-state index contributed by atoms with van der Waals surface area (Å²) < 4.78 is 1.85. The monoisotopic (exact) mass is 147 g/mol. The average molecular weight is 147 g/mol. The Kier molecular flexibility index (Phi) is 3.74. The molecule has 1 heteroatoms. The molecule has 0 heterocycles. The molecule has 0 aliphatic heterocycles. The standard InChI is InChI=1S/C3H5.Pd/c1-3-2;/h1,3H,2H3;. The van der Waals surface area contributed by atoms with E-state index in [9.17, 15) is 0 Å². The molecule has 0 aromatic carbocycles. The molecule has 0 aromatic heterocycles. The van der Waals surface area contributed by atoms with Gasteiger partial charge < -0.3 is 0 Å². The minimum absolute atomic E-state index is 1.85. The first kappa shape index (κ1) is 4.40. The summed E-state index contributed by atoms with van der Waals surface area (Å²) in [4.78, 5) is 0. The van der Waals surface area contributed by atoms with Gasteiger partial charge >= 0.3 is 36.8 Å². The zero-order valence-corrected chi connectivity index (χ0v) is 4.03. The van der Waals surface area contributed by atoms with E-state index in [0.717, 1.165) is 0 Å². The summed E-state index contributed by atoms with van der Waals surface area (Å²) in [7, 11) is 0. The fourth-order valence-electron chi connectivity index (χ4n) is 0. The van der Waals surface area contributed by atoms with Crippen molar-refractivity contribution in [2.45, 2.75) is 6.92 Å². The van der Waals surface area contributed by atoms with Crippen LogP contribution < -0.4 is 0 Å². The van der Waals surface area contributed by atoms with E-state index in [-0.39, 0.29) is 0 Å². The Bertz CT molecular complexity index is 18.5. The van der Waals surface area contributed by atoms with Crippen LogP contribution in [0.5, 0.6) is 0 Å². The molecule has 0 saturated heterocycles. The second-order valence-corrected chi connectivity index (χ2v) is 0.957. The summed E-state index contributed by atoms with van der Waals surface area (Å²) in [6.07, 6.45) is 1.93. The van der Waals surface area contributed by atoms with E-state index in [1.54, 1.807) is 0 Å². The van der Waals surface area contributed by atoms with Gasteiger partial charge in [0, 0.05) is 0 Å². The van der Waals surface area contributed by atoms with E-state index < -0.39 is 0 Å². The summed E-state index contributed by atoms with van der Waals surface area (Å²) in [5.41, 5.74) is 0. The topological polar surface area (TPSA) is 0 Å². The Morgan fingerprint density at radius 1 is 1.75 bits per heavy atom. The third-order valence-corrected chi connectivity index (χ3v) is 0.624. The predicted molar refractivity (Wildman–Crippen MR) is 14.8 cm³/mol. The molecule has 0 atom stereocenters. The number of allylic oxidation sites excluding steroid dienone is 1. The van der Waals surface area contributed by atoms with Gasteiger partial charge in [0.05, 0.1) is 0 Å². The Hall–Kier alpha value is 0.402. The zero-order chi connectivity index (χ0) is 3.41. The fourth-order valence-corrected chi connectivity index (χ4v) is 0. The molecular weight excluding hydrogens is 142 g/mol. The van der Waals surface area contributed by atoms with Crippen LogP contribution in [0.2, 0.25) is 0 Å². The van der Waals surface area contributed by atoms with Crippen molar-refractivity contribution >= 4 is 0 Å². The molecule has 0 aliphatic carbocycles. The Labute approximate surface area is 37.3 Å². The van der Waals surface area contributed by atoms with Crippen LogP contribution in [0, 0.1) is 0 Å². The number of rotatable bonds is 0. The molecule has 0 fully saturated rings. The molecule has 0 bridgehead atoms. The van der Waals surface area contributed by atoms with Gasteiger partial charge in [0.1, 0.15) is 0 Å². The molecule has 0 spiro atoms. The maximum absolute atomic E-state index is 2.85. The SMILES string of the molecule is CC=[CH][Pd]. The molecule has 0 N–H and O–H groups in total. The summed E-state index contributed by atoms with van der Waals surface area (Å²) in [6, 6.07) is 0. The molecule has 27 valence electrons. The van der Waals surface area contributed by atoms with Gasteiger partial charge in [-0.2, -0.15) is 0 Å². The van der Waals surface area contributed by atoms with Crippen molar-refractivity contribution in [3.05, 3.63) is 10.6 Å².